The molecular weight excluding hydrogens is 446 g/mol. The minimum absolute atomic E-state index is 0.112. The number of fused-ring (bicyclic) bond motifs is 1. The Morgan fingerprint density at radius 2 is 1.82 bits per heavy atom. The third-order valence-corrected chi connectivity index (χ3v) is 6.68. The Balaban J connectivity index is 1.63. The summed E-state index contributed by atoms with van der Waals surface area (Å²) in [5, 5.41) is 7.45. The van der Waals surface area contributed by atoms with Gasteiger partial charge in [0.25, 0.3) is 12.1 Å². The number of hydrogen-bond acceptors (Lipinski definition) is 6. The van der Waals surface area contributed by atoms with Gasteiger partial charge in [0.05, 0.1) is 11.4 Å². The molecule has 0 saturated carbocycles. The van der Waals surface area contributed by atoms with Gasteiger partial charge >= 0.3 is 5.88 Å². The van der Waals surface area contributed by atoms with Crippen LogP contribution in [-0.4, -0.2) is 16.2 Å². The van der Waals surface area contributed by atoms with Crippen LogP contribution in [0.4, 0.5) is 11.6 Å². The smallest absolute Gasteiger partial charge is 0.302 e. The van der Waals surface area contributed by atoms with Gasteiger partial charge in [-0.3, -0.25) is 14.6 Å². The van der Waals surface area contributed by atoms with Gasteiger partial charge in [0.15, 0.2) is 6.04 Å². The average Bonchev–Trinajstić information content (AvgIpc) is 3.44. The molecule has 34 heavy (non-hydrogen) atoms. The van der Waals surface area contributed by atoms with E-state index in [4.69, 9.17) is 15.2 Å². The van der Waals surface area contributed by atoms with Crippen LogP contribution < -0.4 is 15.7 Å². The molecule has 3 aromatic heterocycles. The number of nitrogens with zero attached hydrogens (tertiary/aromatic N) is 3. The van der Waals surface area contributed by atoms with E-state index in [9.17, 15) is 4.79 Å². The van der Waals surface area contributed by atoms with E-state index in [2.05, 4.69) is 41.8 Å². The summed E-state index contributed by atoms with van der Waals surface area (Å²) in [6, 6.07) is 20.4. The van der Waals surface area contributed by atoms with Gasteiger partial charge in [0.2, 0.25) is 5.27 Å². The lowest BCUT2D eigenvalue weighted by atomic mass is 9.99. The third kappa shape index (κ3) is 4.04. The molecule has 5 rings (SSSR count). The molecule has 0 atom stereocenters. The highest BCUT2D eigenvalue weighted by Gasteiger charge is 2.24. The van der Waals surface area contributed by atoms with Crippen LogP contribution >= 0.6 is 11.3 Å². The first kappa shape index (κ1) is 21.8. The molecule has 0 spiro atoms. The van der Waals surface area contributed by atoms with Crippen LogP contribution in [0.3, 0.4) is 0 Å². The van der Waals surface area contributed by atoms with Crippen molar-refractivity contribution in [3.8, 4) is 22.4 Å². The molecule has 0 aliphatic carbocycles. The van der Waals surface area contributed by atoms with Gasteiger partial charge < -0.3 is 5.73 Å². The van der Waals surface area contributed by atoms with Gasteiger partial charge in [0, 0.05) is 10.9 Å². The van der Waals surface area contributed by atoms with Gasteiger partial charge in [-0.25, -0.2) is 4.98 Å². The van der Waals surface area contributed by atoms with Crippen molar-refractivity contribution in [1.29, 1.82) is 0 Å². The Morgan fingerprint density at radius 3 is 2.50 bits per heavy atom. The molecule has 1 amide bonds. The number of nitrogen functional groups attached to an aromatic ring is 1. The zero-order valence-electron chi connectivity index (χ0n) is 19.1. The Bertz CT molecular complexity index is 1490. The molecule has 170 valence electrons. The Labute approximate surface area is 200 Å². The van der Waals surface area contributed by atoms with Crippen molar-refractivity contribution < 1.29 is 14.0 Å². The van der Waals surface area contributed by atoms with Crippen molar-refractivity contribution in [1.82, 2.24) is 10.3 Å². The number of aromatic nitrogens is 3. The second-order valence-electron chi connectivity index (χ2n) is 8.41. The molecule has 0 bridgehead atoms. The van der Waals surface area contributed by atoms with Crippen LogP contribution in [0.15, 0.2) is 71.4 Å². The van der Waals surface area contributed by atoms with E-state index in [1.54, 1.807) is 10.9 Å². The van der Waals surface area contributed by atoms with E-state index >= 15 is 0 Å². The fourth-order valence-corrected chi connectivity index (χ4v) is 4.75. The Kier molecular flexibility index (Phi) is 5.59. The monoisotopic (exact) mass is 470 g/mol. The maximum Gasteiger partial charge on any atom is 0.302 e. The summed E-state index contributed by atoms with van der Waals surface area (Å²) in [6.45, 7) is 6.00. The molecular formula is C26H24N5O2S+. The fourth-order valence-electron chi connectivity index (χ4n) is 3.73. The molecule has 0 fully saturated rings. The standard InChI is InChI=1S/C26H23N5O2S/c1-15(2)31-14-21(33-30-31)29-25(32)24-23(27)22-19(17-11-9-16(3)10-12-17)13-20(28-26(22)34-24)18-7-5-4-6-8-18/h4-15H,1-3H3,(H2-,27,29,30,32)/p+1. The van der Waals surface area contributed by atoms with Crippen LogP contribution in [0.2, 0.25) is 0 Å². The van der Waals surface area contributed by atoms with Crippen molar-refractivity contribution in [2.75, 3.05) is 11.1 Å². The zero-order valence-corrected chi connectivity index (χ0v) is 19.9. The quantitative estimate of drug-likeness (QED) is 0.325. The van der Waals surface area contributed by atoms with Crippen LogP contribution in [0.25, 0.3) is 32.6 Å². The number of thiophene rings is 1. The minimum Gasteiger partial charge on any atom is -0.397 e. The summed E-state index contributed by atoms with van der Waals surface area (Å²) in [4.78, 5) is 19.1. The highest BCUT2D eigenvalue weighted by Crippen LogP contribution is 2.41. The maximum absolute atomic E-state index is 13.1. The number of pyridine rings is 1. The highest BCUT2D eigenvalue weighted by atomic mass is 32.1. The first-order valence-electron chi connectivity index (χ1n) is 11.0. The number of anilines is 2. The second kappa shape index (κ2) is 8.72. The average molecular weight is 471 g/mol. The summed E-state index contributed by atoms with van der Waals surface area (Å²) in [7, 11) is 0. The molecule has 0 unspecified atom stereocenters. The number of carbonyl (C=O) groups is 1. The zero-order chi connectivity index (χ0) is 23.8. The molecule has 8 heteroatoms. The number of benzene rings is 2. The van der Waals surface area contributed by atoms with Gasteiger partial charge in [-0.2, -0.15) is 0 Å². The molecule has 0 aliphatic rings. The highest BCUT2D eigenvalue weighted by molar-refractivity contribution is 7.21. The van der Waals surface area contributed by atoms with Gasteiger partial charge in [-0.1, -0.05) is 60.2 Å². The van der Waals surface area contributed by atoms with Gasteiger partial charge in [-0.15, -0.1) is 11.3 Å². The van der Waals surface area contributed by atoms with Crippen LogP contribution in [0, 0.1) is 6.92 Å². The molecule has 0 radical (unpaired) electrons. The second-order valence-corrected chi connectivity index (χ2v) is 9.41. The number of hydrogen-bond donors (Lipinski definition) is 2. The van der Waals surface area contributed by atoms with Crippen LogP contribution in [0.1, 0.15) is 35.1 Å². The number of amides is 1. The first-order valence-corrected chi connectivity index (χ1v) is 11.8. The lowest BCUT2D eigenvalue weighted by Gasteiger charge is -2.09. The minimum atomic E-state index is -0.358. The van der Waals surface area contributed by atoms with Crippen molar-refractivity contribution in [3.63, 3.8) is 0 Å². The van der Waals surface area contributed by atoms with E-state index in [0.717, 1.165) is 27.8 Å². The van der Waals surface area contributed by atoms with Crippen molar-refractivity contribution in [2.24, 2.45) is 0 Å². The first-order chi connectivity index (χ1) is 16.4. The predicted molar refractivity (Wildman–Crippen MR) is 135 cm³/mol. The lowest BCUT2D eigenvalue weighted by Crippen LogP contribution is -2.36. The van der Waals surface area contributed by atoms with Crippen molar-refractivity contribution in [3.05, 3.63) is 77.3 Å². The molecule has 7 nitrogen and oxygen atoms in total. The summed E-state index contributed by atoms with van der Waals surface area (Å²) >= 11 is 1.27. The predicted octanol–water partition coefficient (Wildman–Crippen LogP) is 5.63. The van der Waals surface area contributed by atoms with Crippen molar-refractivity contribution >= 4 is 39.0 Å². The Morgan fingerprint density at radius 1 is 1.09 bits per heavy atom. The third-order valence-electron chi connectivity index (χ3n) is 5.59. The van der Waals surface area contributed by atoms with Crippen LogP contribution in [-0.2, 0) is 0 Å². The van der Waals surface area contributed by atoms with Crippen molar-refractivity contribution in [2.45, 2.75) is 26.8 Å². The van der Waals surface area contributed by atoms with E-state index in [1.807, 2.05) is 50.2 Å². The topological polar surface area (TPSA) is 97.9 Å². The lowest BCUT2D eigenvalue weighted by molar-refractivity contribution is -0.779. The summed E-state index contributed by atoms with van der Waals surface area (Å²) in [5.41, 5.74) is 11.9. The number of nitrogens with one attached hydrogen (secondary N) is 1. The molecule has 3 N–H and O–H groups in total. The molecule has 3 heterocycles. The van der Waals surface area contributed by atoms with E-state index in [1.165, 1.54) is 16.9 Å². The summed E-state index contributed by atoms with van der Waals surface area (Å²) in [6.07, 6.45) is 1.65. The number of rotatable bonds is 5. The Hall–Kier alpha value is -4.04. The maximum atomic E-state index is 13.1. The fraction of sp³-hybridized carbons (Fsp3) is 0.154. The molecule has 2 aromatic carbocycles. The summed E-state index contributed by atoms with van der Waals surface area (Å²) in [5.74, 6) is -0.101. The van der Waals surface area contributed by atoms with E-state index < -0.39 is 0 Å². The largest absolute Gasteiger partial charge is 0.397 e. The molecule has 0 saturated heterocycles. The van der Waals surface area contributed by atoms with Crippen LogP contribution in [0.5, 0.6) is 0 Å². The summed E-state index contributed by atoms with van der Waals surface area (Å²) < 4.78 is 6.87. The normalized spacial score (nSPS) is 11.3. The number of nitrogens with two attached hydrogens (primary N) is 1. The SMILES string of the molecule is Cc1ccc(-c2cc(-c3ccccc3)nc3sc(C(=O)Nc4c[n+](C(C)C)no4)c(N)c23)cc1. The molecule has 5 aromatic rings. The number of carbonyl (C=O) groups excluding carboxylic acids is 1. The van der Waals surface area contributed by atoms with Gasteiger partial charge in [-0.05, 0) is 42.6 Å². The van der Waals surface area contributed by atoms with E-state index in [-0.39, 0.29) is 17.8 Å². The van der Waals surface area contributed by atoms with Gasteiger partial charge in [0.1, 0.15) is 9.71 Å². The van der Waals surface area contributed by atoms with E-state index in [0.29, 0.717) is 15.4 Å². The number of aryl methyl sites for hydroxylation is 1. The molecule has 0 aliphatic heterocycles.